The van der Waals surface area contributed by atoms with Crippen molar-refractivity contribution in [1.29, 1.82) is 5.26 Å². The minimum absolute atomic E-state index is 0.114. The summed E-state index contributed by atoms with van der Waals surface area (Å²) in [6.07, 6.45) is 1.49. The molecular weight excluding hydrogens is 204 g/mol. The Balaban J connectivity index is 2.32. The first-order chi connectivity index (χ1) is 7.72. The number of anilines is 1. The van der Waals surface area contributed by atoms with Crippen molar-refractivity contribution >= 4 is 22.6 Å². The van der Waals surface area contributed by atoms with Gasteiger partial charge in [-0.15, -0.1) is 0 Å². The number of aromatic nitrogens is 2. The minimum Gasteiger partial charge on any atom is -0.345 e. The van der Waals surface area contributed by atoms with Gasteiger partial charge in [-0.2, -0.15) is 5.26 Å². The Morgan fingerprint density at radius 3 is 3.19 bits per heavy atom. The molecule has 0 bridgehead atoms. The van der Waals surface area contributed by atoms with Crippen LogP contribution >= 0.6 is 0 Å². The molecule has 0 unspecified atom stereocenters. The lowest BCUT2D eigenvalue weighted by molar-refractivity contribution is -0.117. The lowest BCUT2D eigenvalue weighted by Gasteiger charge is -2.15. The van der Waals surface area contributed by atoms with Crippen molar-refractivity contribution in [1.82, 2.24) is 9.97 Å². The van der Waals surface area contributed by atoms with E-state index in [9.17, 15) is 4.79 Å². The van der Waals surface area contributed by atoms with Gasteiger partial charge in [0.2, 0.25) is 5.91 Å². The Morgan fingerprint density at radius 1 is 1.62 bits per heavy atom. The van der Waals surface area contributed by atoms with Crippen LogP contribution in [0.4, 0.5) is 5.69 Å². The molecule has 0 aliphatic heterocycles. The van der Waals surface area contributed by atoms with Crippen molar-refractivity contribution in [2.24, 2.45) is 0 Å². The third-order valence-corrected chi connectivity index (χ3v) is 2.40. The Bertz CT molecular complexity index is 567. The SMILES string of the molecule is CN(C(=O)CC#N)c1ccc2nc[nH]c2c1. The van der Waals surface area contributed by atoms with Crippen molar-refractivity contribution in [3.63, 3.8) is 0 Å². The zero-order valence-corrected chi connectivity index (χ0v) is 8.77. The number of nitrogens with one attached hydrogen (secondary N) is 1. The van der Waals surface area contributed by atoms with Crippen LogP contribution < -0.4 is 4.90 Å². The van der Waals surface area contributed by atoms with Gasteiger partial charge in [0.25, 0.3) is 0 Å². The first kappa shape index (κ1) is 10.2. The lowest BCUT2D eigenvalue weighted by atomic mass is 10.2. The van der Waals surface area contributed by atoms with Crippen LogP contribution in [0, 0.1) is 11.3 Å². The van der Waals surface area contributed by atoms with Gasteiger partial charge in [-0.1, -0.05) is 0 Å². The largest absolute Gasteiger partial charge is 0.345 e. The average Bonchev–Trinajstić information content (AvgIpc) is 2.75. The number of benzene rings is 1. The summed E-state index contributed by atoms with van der Waals surface area (Å²) in [6.45, 7) is 0. The minimum atomic E-state index is -0.221. The first-order valence-electron chi connectivity index (χ1n) is 4.79. The fourth-order valence-electron chi connectivity index (χ4n) is 1.46. The second-order valence-electron chi connectivity index (χ2n) is 3.39. The van der Waals surface area contributed by atoms with E-state index in [2.05, 4.69) is 9.97 Å². The molecule has 5 heteroatoms. The number of nitriles is 1. The second-order valence-corrected chi connectivity index (χ2v) is 3.39. The molecule has 0 atom stereocenters. The van der Waals surface area contributed by atoms with Crippen LogP contribution in [0.25, 0.3) is 11.0 Å². The molecule has 5 nitrogen and oxygen atoms in total. The van der Waals surface area contributed by atoms with Crippen LogP contribution in [0.5, 0.6) is 0 Å². The van der Waals surface area contributed by atoms with Gasteiger partial charge in [0.1, 0.15) is 6.42 Å². The van der Waals surface area contributed by atoms with Crippen LogP contribution in [-0.2, 0) is 4.79 Å². The Kier molecular flexibility index (Phi) is 2.56. The number of carbonyl (C=O) groups is 1. The van der Waals surface area contributed by atoms with Gasteiger partial charge in [0.05, 0.1) is 23.4 Å². The van der Waals surface area contributed by atoms with E-state index < -0.39 is 0 Å². The van der Waals surface area contributed by atoms with Crippen LogP contribution in [0.3, 0.4) is 0 Å². The Hall–Kier alpha value is -2.35. The van der Waals surface area contributed by atoms with Gasteiger partial charge in [-0.25, -0.2) is 4.98 Å². The number of imidazole rings is 1. The molecule has 1 heterocycles. The topological polar surface area (TPSA) is 72.8 Å². The molecule has 0 saturated heterocycles. The maximum atomic E-state index is 11.5. The summed E-state index contributed by atoms with van der Waals surface area (Å²) < 4.78 is 0. The molecule has 0 saturated carbocycles. The molecule has 0 spiro atoms. The van der Waals surface area contributed by atoms with Gasteiger partial charge in [-0.3, -0.25) is 4.79 Å². The summed E-state index contributed by atoms with van der Waals surface area (Å²) >= 11 is 0. The van der Waals surface area contributed by atoms with Crippen LogP contribution in [-0.4, -0.2) is 22.9 Å². The highest BCUT2D eigenvalue weighted by molar-refractivity contribution is 5.95. The molecule has 2 rings (SSSR count). The lowest BCUT2D eigenvalue weighted by Crippen LogP contribution is -2.25. The predicted octanol–water partition coefficient (Wildman–Crippen LogP) is 1.44. The van der Waals surface area contributed by atoms with E-state index in [1.54, 1.807) is 19.4 Å². The number of rotatable bonds is 2. The summed E-state index contributed by atoms with van der Waals surface area (Å²) in [5.74, 6) is -0.221. The molecule has 1 aromatic heterocycles. The average molecular weight is 214 g/mol. The summed E-state index contributed by atoms with van der Waals surface area (Å²) in [4.78, 5) is 20.0. The molecule has 0 radical (unpaired) electrons. The van der Waals surface area contributed by atoms with Crippen molar-refractivity contribution in [3.05, 3.63) is 24.5 Å². The van der Waals surface area contributed by atoms with Crippen LogP contribution in [0.1, 0.15) is 6.42 Å². The van der Waals surface area contributed by atoms with Crippen molar-refractivity contribution < 1.29 is 4.79 Å². The molecule has 0 fully saturated rings. The smallest absolute Gasteiger partial charge is 0.240 e. The van der Waals surface area contributed by atoms with Gasteiger partial charge in [-0.05, 0) is 18.2 Å². The number of nitrogens with zero attached hydrogens (tertiary/aromatic N) is 3. The van der Waals surface area contributed by atoms with Crippen LogP contribution in [0.15, 0.2) is 24.5 Å². The molecule has 0 aliphatic carbocycles. The van der Waals surface area contributed by atoms with E-state index in [0.29, 0.717) is 0 Å². The van der Waals surface area contributed by atoms with E-state index >= 15 is 0 Å². The summed E-state index contributed by atoms with van der Waals surface area (Å²) in [6, 6.07) is 7.30. The highest BCUT2D eigenvalue weighted by atomic mass is 16.2. The number of hydrogen-bond acceptors (Lipinski definition) is 3. The fourth-order valence-corrected chi connectivity index (χ4v) is 1.46. The fraction of sp³-hybridized carbons (Fsp3) is 0.182. The highest BCUT2D eigenvalue weighted by Crippen LogP contribution is 2.19. The zero-order valence-electron chi connectivity index (χ0n) is 8.77. The van der Waals surface area contributed by atoms with E-state index in [4.69, 9.17) is 5.26 Å². The number of amides is 1. The van der Waals surface area contributed by atoms with Gasteiger partial charge < -0.3 is 9.88 Å². The molecule has 1 N–H and O–H groups in total. The number of carbonyl (C=O) groups excluding carboxylic acids is 1. The van der Waals surface area contributed by atoms with Crippen molar-refractivity contribution in [2.75, 3.05) is 11.9 Å². The molecule has 1 aromatic carbocycles. The van der Waals surface area contributed by atoms with E-state index in [0.717, 1.165) is 16.7 Å². The standard InChI is InChI=1S/C11H10N4O/c1-15(11(16)4-5-12)8-2-3-9-10(6-8)14-7-13-9/h2-3,6-7H,4H2,1H3,(H,13,14). The third-order valence-electron chi connectivity index (χ3n) is 2.40. The molecule has 80 valence electrons. The van der Waals surface area contributed by atoms with E-state index in [-0.39, 0.29) is 12.3 Å². The number of aromatic amines is 1. The van der Waals surface area contributed by atoms with Gasteiger partial charge in [0, 0.05) is 12.7 Å². The third kappa shape index (κ3) is 1.73. The Morgan fingerprint density at radius 2 is 2.44 bits per heavy atom. The second kappa shape index (κ2) is 4.03. The zero-order chi connectivity index (χ0) is 11.5. The molecule has 0 aliphatic rings. The summed E-state index contributed by atoms with van der Waals surface area (Å²) in [7, 11) is 1.65. The summed E-state index contributed by atoms with van der Waals surface area (Å²) in [5.41, 5.74) is 2.47. The van der Waals surface area contributed by atoms with E-state index in [1.807, 2.05) is 18.2 Å². The van der Waals surface area contributed by atoms with E-state index in [1.165, 1.54) is 4.90 Å². The predicted molar refractivity (Wildman–Crippen MR) is 59.7 cm³/mol. The monoisotopic (exact) mass is 214 g/mol. The normalized spacial score (nSPS) is 10.0. The maximum Gasteiger partial charge on any atom is 0.240 e. The number of H-pyrrole nitrogens is 1. The number of fused-ring (bicyclic) bond motifs is 1. The van der Waals surface area contributed by atoms with Crippen molar-refractivity contribution in [3.8, 4) is 6.07 Å². The molecular formula is C11H10N4O. The Labute approximate surface area is 92.3 Å². The maximum absolute atomic E-state index is 11.5. The molecule has 16 heavy (non-hydrogen) atoms. The van der Waals surface area contributed by atoms with Gasteiger partial charge in [0.15, 0.2) is 0 Å². The quantitative estimate of drug-likeness (QED) is 0.822. The highest BCUT2D eigenvalue weighted by Gasteiger charge is 2.10. The van der Waals surface area contributed by atoms with Gasteiger partial charge >= 0.3 is 0 Å². The summed E-state index contributed by atoms with van der Waals surface area (Å²) in [5, 5.41) is 8.46. The first-order valence-corrected chi connectivity index (χ1v) is 4.79. The number of hydrogen-bond donors (Lipinski definition) is 1. The van der Waals surface area contributed by atoms with Crippen molar-refractivity contribution in [2.45, 2.75) is 6.42 Å². The van der Waals surface area contributed by atoms with Crippen LogP contribution in [0.2, 0.25) is 0 Å². The molecule has 2 aromatic rings. The molecule has 1 amide bonds.